The number of rotatable bonds is 4. The quantitative estimate of drug-likeness (QED) is 0.788. The molecule has 17 heavy (non-hydrogen) atoms. The van der Waals surface area contributed by atoms with Crippen LogP contribution in [0, 0.1) is 0 Å². The van der Waals surface area contributed by atoms with Crippen LogP contribution >= 0.6 is 11.6 Å². The number of benzene rings is 1. The van der Waals surface area contributed by atoms with Gasteiger partial charge < -0.3 is 14.7 Å². The molecular weight excluding hydrogens is 266 g/mol. The molecular formula is C9H10BClO5S. The molecule has 2 rings (SSSR count). The van der Waals surface area contributed by atoms with Gasteiger partial charge in [-0.25, -0.2) is 8.42 Å². The molecule has 0 atom stereocenters. The fourth-order valence-electron chi connectivity index (χ4n) is 1.47. The van der Waals surface area contributed by atoms with Gasteiger partial charge in [-0.2, -0.15) is 0 Å². The van der Waals surface area contributed by atoms with Crippen molar-refractivity contribution in [1.82, 2.24) is 0 Å². The van der Waals surface area contributed by atoms with Crippen LogP contribution in [0.3, 0.4) is 0 Å². The van der Waals surface area contributed by atoms with Crippen LogP contribution in [0.5, 0.6) is 5.75 Å². The second kappa shape index (κ2) is 4.49. The van der Waals surface area contributed by atoms with Crippen molar-refractivity contribution >= 4 is 28.8 Å². The monoisotopic (exact) mass is 276 g/mol. The van der Waals surface area contributed by atoms with Crippen molar-refractivity contribution in [3.63, 3.8) is 0 Å². The van der Waals surface area contributed by atoms with Crippen molar-refractivity contribution < 1.29 is 23.1 Å². The number of sulfone groups is 1. The Morgan fingerprint density at radius 3 is 2.47 bits per heavy atom. The van der Waals surface area contributed by atoms with Gasteiger partial charge >= 0.3 is 7.32 Å². The van der Waals surface area contributed by atoms with Crippen molar-refractivity contribution in [3.8, 4) is 5.75 Å². The Bertz CT molecular complexity index is 526. The summed E-state index contributed by atoms with van der Waals surface area (Å²) in [5.41, 5.74) is 0. The van der Waals surface area contributed by atoms with Crippen molar-refractivity contribution in [2.24, 2.45) is 0 Å². The van der Waals surface area contributed by atoms with Crippen molar-refractivity contribution in [2.75, 3.05) is 0 Å². The molecule has 1 fully saturated rings. The van der Waals surface area contributed by atoms with Crippen LogP contribution in [0.2, 0.25) is 5.02 Å². The third-order valence-corrected chi connectivity index (χ3v) is 5.16. The normalized spacial score (nSPS) is 15.7. The van der Waals surface area contributed by atoms with Crippen LogP contribution < -0.4 is 4.65 Å². The van der Waals surface area contributed by atoms with Crippen molar-refractivity contribution in [2.45, 2.75) is 23.0 Å². The molecule has 8 heteroatoms. The smallest absolute Gasteiger partial charge is 0.512 e. The minimum absolute atomic E-state index is 0.0232. The number of hydrogen-bond donors (Lipinski definition) is 2. The number of halogens is 1. The summed E-state index contributed by atoms with van der Waals surface area (Å²) < 4.78 is 28.4. The van der Waals surface area contributed by atoms with Gasteiger partial charge in [0.2, 0.25) is 0 Å². The lowest BCUT2D eigenvalue weighted by Crippen LogP contribution is -2.20. The lowest BCUT2D eigenvalue weighted by molar-refractivity contribution is 0.288. The molecule has 0 heterocycles. The van der Waals surface area contributed by atoms with E-state index in [9.17, 15) is 8.42 Å². The van der Waals surface area contributed by atoms with Crippen molar-refractivity contribution in [3.05, 3.63) is 23.2 Å². The highest BCUT2D eigenvalue weighted by atomic mass is 35.5. The highest BCUT2D eigenvalue weighted by Gasteiger charge is 2.38. The predicted molar refractivity (Wildman–Crippen MR) is 62.5 cm³/mol. The zero-order chi connectivity index (χ0) is 12.6. The second-order valence-corrected chi connectivity index (χ2v) is 6.38. The first-order valence-corrected chi connectivity index (χ1v) is 6.90. The minimum atomic E-state index is -3.35. The molecule has 1 saturated carbocycles. The van der Waals surface area contributed by atoms with E-state index in [1.807, 2.05) is 0 Å². The van der Waals surface area contributed by atoms with Gasteiger partial charge in [0.25, 0.3) is 0 Å². The molecule has 0 aliphatic heterocycles. The molecule has 0 unspecified atom stereocenters. The summed E-state index contributed by atoms with van der Waals surface area (Å²) in [4.78, 5) is 0.0569. The Morgan fingerprint density at radius 1 is 1.35 bits per heavy atom. The maximum Gasteiger partial charge on any atom is 0.707 e. The molecule has 0 amide bonds. The van der Waals surface area contributed by atoms with Gasteiger partial charge in [-0.15, -0.1) is 0 Å². The molecule has 0 spiro atoms. The molecule has 1 aliphatic rings. The zero-order valence-electron chi connectivity index (χ0n) is 8.71. The summed E-state index contributed by atoms with van der Waals surface area (Å²) in [7, 11) is -5.32. The first-order valence-electron chi connectivity index (χ1n) is 4.97. The van der Waals surface area contributed by atoms with Crippen molar-refractivity contribution in [1.29, 1.82) is 0 Å². The van der Waals surface area contributed by atoms with Gasteiger partial charge in [-0.05, 0) is 31.0 Å². The average Bonchev–Trinajstić information content (AvgIpc) is 2.98. The summed E-state index contributed by atoms with van der Waals surface area (Å²) in [5, 5.41) is 16.9. The van der Waals surface area contributed by atoms with Crippen LogP contribution in [0.15, 0.2) is 23.1 Å². The fraction of sp³-hybridized carbons (Fsp3) is 0.333. The standard InChI is InChI=1S/C9H10BClO5S/c11-8-5-6(16-10(12)13)1-4-9(8)17(14,15)7-2-3-7/h1,4-5,7,12-13H,2-3H2. The predicted octanol–water partition coefficient (Wildman–Crippen LogP) is 0.624. The highest BCUT2D eigenvalue weighted by Crippen LogP contribution is 2.37. The van der Waals surface area contributed by atoms with E-state index in [1.165, 1.54) is 18.2 Å². The lowest BCUT2D eigenvalue weighted by Gasteiger charge is -2.08. The summed E-state index contributed by atoms with van der Waals surface area (Å²) in [6.07, 6.45) is 1.32. The second-order valence-electron chi connectivity index (χ2n) is 3.78. The van der Waals surface area contributed by atoms with Gasteiger partial charge in [0.05, 0.1) is 15.2 Å². The fourth-order valence-corrected chi connectivity index (χ4v) is 3.66. The van der Waals surface area contributed by atoms with E-state index in [-0.39, 0.29) is 20.9 Å². The van der Waals surface area contributed by atoms with Gasteiger partial charge in [0, 0.05) is 0 Å². The summed E-state index contributed by atoms with van der Waals surface area (Å²) in [6, 6.07) is 3.89. The van der Waals surface area contributed by atoms with Gasteiger partial charge in [-0.3, -0.25) is 0 Å². The van der Waals surface area contributed by atoms with Gasteiger partial charge in [0.1, 0.15) is 5.75 Å². The largest absolute Gasteiger partial charge is 0.707 e. The van der Waals surface area contributed by atoms with E-state index in [4.69, 9.17) is 21.6 Å². The third kappa shape index (κ3) is 2.74. The molecule has 0 saturated heterocycles. The van der Waals surface area contributed by atoms with E-state index in [0.29, 0.717) is 12.8 Å². The van der Waals surface area contributed by atoms with Crippen LogP contribution in [0.4, 0.5) is 0 Å². The van der Waals surface area contributed by atoms with Crippen LogP contribution in [-0.2, 0) is 9.84 Å². The Morgan fingerprint density at radius 2 is 2.00 bits per heavy atom. The Kier molecular flexibility index (Phi) is 3.35. The van der Waals surface area contributed by atoms with Crippen LogP contribution in [-0.4, -0.2) is 31.0 Å². The third-order valence-electron chi connectivity index (χ3n) is 2.41. The van der Waals surface area contributed by atoms with Gasteiger partial charge in [-0.1, -0.05) is 11.6 Å². The number of hydrogen-bond acceptors (Lipinski definition) is 5. The molecule has 5 nitrogen and oxygen atoms in total. The Hall–Kier alpha value is -0.755. The highest BCUT2D eigenvalue weighted by molar-refractivity contribution is 7.92. The molecule has 1 aliphatic carbocycles. The van der Waals surface area contributed by atoms with E-state index in [0.717, 1.165) is 0 Å². The maximum atomic E-state index is 11.9. The topological polar surface area (TPSA) is 83.8 Å². The molecule has 1 aromatic carbocycles. The zero-order valence-corrected chi connectivity index (χ0v) is 10.3. The van der Waals surface area contributed by atoms with E-state index >= 15 is 0 Å². The average molecular weight is 277 g/mol. The molecule has 1 aromatic rings. The first kappa shape index (κ1) is 12.7. The van der Waals surface area contributed by atoms with E-state index in [1.54, 1.807) is 0 Å². The summed E-state index contributed by atoms with van der Waals surface area (Å²) in [5.74, 6) is 0.0970. The van der Waals surface area contributed by atoms with E-state index in [2.05, 4.69) is 4.65 Å². The summed E-state index contributed by atoms with van der Waals surface area (Å²) >= 11 is 5.85. The lowest BCUT2D eigenvalue weighted by atomic mass is 10.2. The first-order chi connectivity index (χ1) is 7.91. The molecule has 0 radical (unpaired) electrons. The molecule has 0 aromatic heterocycles. The Balaban J connectivity index is 2.31. The Labute approximate surface area is 104 Å². The summed E-state index contributed by atoms with van der Waals surface area (Å²) in [6.45, 7) is 0. The van der Waals surface area contributed by atoms with E-state index < -0.39 is 17.2 Å². The molecule has 2 N–H and O–H groups in total. The van der Waals surface area contributed by atoms with Gasteiger partial charge in [0.15, 0.2) is 9.84 Å². The maximum absolute atomic E-state index is 11.9. The molecule has 92 valence electrons. The van der Waals surface area contributed by atoms with Crippen LogP contribution in [0.1, 0.15) is 12.8 Å². The van der Waals surface area contributed by atoms with Crippen LogP contribution in [0.25, 0.3) is 0 Å². The SMILES string of the molecule is O=S(=O)(c1ccc(OB(O)O)cc1Cl)C1CC1. The molecule has 0 bridgehead atoms. The minimum Gasteiger partial charge on any atom is -0.512 e.